The highest BCUT2D eigenvalue weighted by molar-refractivity contribution is 7.98. The number of hydrogen-bond donors (Lipinski definition) is 0. The molecule has 4 rings (SSSR count). The number of rotatable bonds is 5. The number of carbonyl (C=O) groups excluding carboxylic acids is 1. The van der Waals surface area contributed by atoms with E-state index in [1.54, 1.807) is 11.8 Å². The number of nitrogens with zero attached hydrogens (tertiary/aromatic N) is 4. The summed E-state index contributed by atoms with van der Waals surface area (Å²) in [5, 5.41) is 7.78. The van der Waals surface area contributed by atoms with Gasteiger partial charge >= 0.3 is 0 Å². The van der Waals surface area contributed by atoms with Gasteiger partial charge in [0.1, 0.15) is 5.76 Å². The Morgan fingerprint density at radius 3 is 2.64 bits per heavy atom. The molecule has 146 valence electrons. The Bertz CT molecular complexity index is 960. The van der Waals surface area contributed by atoms with Gasteiger partial charge in [-0.3, -0.25) is 4.79 Å². The third-order valence-electron chi connectivity index (χ3n) is 4.84. The van der Waals surface area contributed by atoms with Crippen molar-refractivity contribution in [1.82, 2.24) is 20.2 Å². The number of amides is 1. The highest BCUT2D eigenvalue weighted by atomic mass is 32.2. The molecule has 1 aromatic carbocycles. The average molecular weight is 398 g/mol. The third kappa shape index (κ3) is 4.11. The predicted molar refractivity (Wildman–Crippen MR) is 104 cm³/mol. The van der Waals surface area contributed by atoms with Gasteiger partial charge in [0.05, 0.1) is 17.0 Å². The second-order valence-electron chi connectivity index (χ2n) is 6.97. The van der Waals surface area contributed by atoms with Crippen molar-refractivity contribution in [2.75, 3.05) is 13.1 Å². The van der Waals surface area contributed by atoms with Crippen LogP contribution in [-0.2, 0) is 5.75 Å². The van der Waals surface area contributed by atoms with E-state index >= 15 is 0 Å². The van der Waals surface area contributed by atoms with Crippen LogP contribution in [0.5, 0.6) is 0 Å². The number of hydrogen-bond acceptors (Lipinski definition) is 7. The fraction of sp³-hybridized carbons (Fsp3) is 0.400. The summed E-state index contributed by atoms with van der Waals surface area (Å²) in [5.74, 6) is 3.08. The molecule has 0 atom stereocenters. The van der Waals surface area contributed by atoms with E-state index in [9.17, 15) is 4.79 Å². The van der Waals surface area contributed by atoms with E-state index in [1.165, 1.54) is 0 Å². The maximum atomic E-state index is 13.1. The zero-order valence-corrected chi connectivity index (χ0v) is 16.7. The zero-order chi connectivity index (χ0) is 19.5. The normalized spacial score (nSPS) is 15.1. The molecule has 0 saturated carbocycles. The molecule has 0 N–H and O–H groups in total. The van der Waals surface area contributed by atoms with Crippen molar-refractivity contribution >= 4 is 17.7 Å². The van der Waals surface area contributed by atoms with Crippen LogP contribution in [0, 0.1) is 13.8 Å². The quantitative estimate of drug-likeness (QED) is 0.601. The van der Waals surface area contributed by atoms with Gasteiger partial charge in [0.25, 0.3) is 5.91 Å². The standard InChI is InChI=1S/C20H22N4O3S/c1-13-11-16(26-22-13)12-28-18-6-4-3-5-17(18)20(25)24-9-7-15(8-10-24)19-21-14(2)23-27-19/h3-6,11,15H,7-10,12H2,1-2H3. The minimum absolute atomic E-state index is 0.0667. The van der Waals surface area contributed by atoms with Crippen molar-refractivity contribution in [2.24, 2.45) is 0 Å². The predicted octanol–water partition coefficient (Wildman–Crippen LogP) is 3.99. The zero-order valence-electron chi connectivity index (χ0n) is 15.9. The number of aryl methyl sites for hydroxylation is 2. The van der Waals surface area contributed by atoms with Crippen LogP contribution in [0.3, 0.4) is 0 Å². The molecule has 1 fully saturated rings. The molecule has 0 radical (unpaired) electrons. The van der Waals surface area contributed by atoms with Gasteiger partial charge in [0, 0.05) is 30.0 Å². The highest BCUT2D eigenvalue weighted by Crippen LogP contribution is 2.31. The summed E-state index contributed by atoms with van der Waals surface area (Å²) in [5.41, 5.74) is 1.59. The van der Waals surface area contributed by atoms with Gasteiger partial charge in [-0.15, -0.1) is 11.8 Å². The van der Waals surface area contributed by atoms with Crippen molar-refractivity contribution in [3.8, 4) is 0 Å². The molecule has 3 heterocycles. The first-order chi connectivity index (χ1) is 13.6. The van der Waals surface area contributed by atoms with Crippen molar-refractivity contribution in [1.29, 1.82) is 0 Å². The number of likely N-dealkylation sites (tertiary alicyclic amines) is 1. The number of benzene rings is 1. The summed E-state index contributed by atoms with van der Waals surface area (Å²) in [6, 6.07) is 9.65. The van der Waals surface area contributed by atoms with Crippen LogP contribution in [0.4, 0.5) is 0 Å². The molecule has 28 heavy (non-hydrogen) atoms. The molecule has 1 amide bonds. The van der Waals surface area contributed by atoms with Crippen molar-refractivity contribution in [2.45, 2.75) is 43.3 Å². The topological polar surface area (TPSA) is 85.3 Å². The summed E-state index contributed by atoms with van der Waals surface area (Å²) in [4.78, 5) is 20.3. The van der Waals surface area contributed by atoms with Gasteiger partial charge in [-0.2, -0.15) is 4.98 Å². The van der Waals surface area contributed by atoms with Crippen LogP contribution < -0.4 is 0 Å². The molecule has 3 aromatic rings. The fourth-order valence-corrected chi connectivity index (χ4v) is 4.30. The summed E-state index contributed by atoms with van der Waals surface area (Å²) in [6.45, 7) is 5.09. The van der Waals surface area contributed by atoms with Gasteiger partial charge in [-0.25, -0.2) is 0 Å². The Hall–Kier alpha value is -2.61. The van der Waals surface area contributed by atoms with E-state index in [4.69, 9.17) is 9.05 Å². The lowest BCUT2D eigenvalue weighted by Crippen LogP contribution is -2.38. The molecule has 1 saturated heterocycles. The number of piperidine rings is 1. The minimum Gasteiger partial charge on any atom is -0.360 e. The van der Waals surface area contributed by atoms with Crippen LogP contribution in [0.15, 0.2) is 44.3 Å². The largest absolute Gasteiger partial charge is 0.360 e. The first-order valence-electron chi connectivity index (χ1n) is 9.33. The van der Waals surface area contributed by atoms with Gasteiger partial charge < -0.3 is 13.9 Å². The first kappa shape index (κ1) is 18.7. The van der Waals surface area contributed by atoms with Crippen LogP contribution in [0.2, 0.25) is 0 Å². The minimum atomic E-state index is 0.0667. The lowest BCUT2D eigenvalue weighted by Gasteiger charge is -2.30. The van der Waals surface area contributed by atoms with E-state index in [0.29, 0.717) is 30.6 Å². The summed E-state index contributed by atoms with van der Waals surface area (Å²) < 4.78 is 10.6. The molecule has 0 aliphatic carbocycles. The van der Waals surface area contributed by atoms with Gasteiger partial charge in [-0.1, -0.05) is 22.4 Å². The SMILES string of the molecule is Cc1cc(CSc2ccccc2C(=O)N2CCC(c3nc(C)no3)CC2)on1. The molecular weight excluding hydrogens is 376 g/mol. The molecule has 1 aliphatic heterocycles. The second kappa shape index (κ2) is 8.18. The average Bonchev–Trinajstić information content (AvgIpc) is 3.34. The van der Waals surface area contributed by atoms with Crippen molar-refractivity contribution in [3.63, 3.8) is 0 Å². The van der Waals surface area contributed by atoms with E-state index < -0.39 is 0 Å². The van der Waals surface area contributed by atoms with Crippen LogP contribution in [0.25, 0.3) is 0 Å². The van der Waals surface area contributed by atoms with Gasteiger partial charge in [-0.05, 0) is 38.8 Å². The maximum Gasteiger partial charge on any atom is 0.254 e. The lowest BCUT2D eigenvalue weighted by atomic mass is 9.96. The number of carbonyl (C=O) groups is 1. The molecule has 0 unspecified atom stereocenters. The van der Waals surface area contributed by atoms with Crippen LogP contribution in [-0.4, -0.2) is 39.2 Å². The van der Waals surface area contributed by atoms with E-state index in [1.807, 2.05) is 49.1 Å². The lowest BCUT2D eigenvalue weighted by molar-refractivity contribution is 0.0701. The Morgan fingerprint density at radius 2 is 1.96 bits per heavy atom. The van der Waals surface area contributed by atoms with E-state index in [2.05, 4.69) is 15.3 Å². The third-order valence-corrected chi connectivity index (χ3v) is 5.93. The second-order valence-corrected chi connectivity index (χ2v) is 7.98. The molecule has 7 nitrogen and oxygen atoms in total. The molecular formula is C20H22N4O3S. The monoisotopic (exact) mass is 398 g/mol. The fourth-order valence-electron chi connectivity index (χ4n) is 3.38. The Labute approximate surface area is 167 Å². The molecule has 1 aliphatic rings. The Morgan fingerprint density at radius 1 is 1.18 bits per heavy atom. The van der Waals surface area contributed by atoms with Crippen molar-refractivity contribution in [3.05, 3.63) is 59.1 Å². The van der Waals surface area contributed by atoms with Crippen LogP contribution in [0.1, 0.15) is 52.3 Å². The van der Waals surface area contributed by atoms with Gasteiger partial charge in [0.2, 0.25) is 5.89 Å². The van der Waals surface area contributed by atoms with E-state index in [-0.39, 0.29) is 11.8 Å². The number of thioether (sulfide) groups is 1. The first-order valence-corrected chi connectivity index (χ1v) is 10.3. The number of aromatic nitrogens is 3. The molecule has 0 spiro atoms. The summed E-state index contributed by atoms with van der Waals surface area (Å²) >= 11 is 1.59. The molecule has 2 aromatic heterocycles. The summed E-state index contributed by atoms with van der Waals surface area (Å²) in [6.07, 6.45) is 1.67. The maximum absolute atomic E-state index is 13.1. The smallest absolute Gasteiger partial charge is 0.254 e. The highest BCUT2D eigenvalue weighted by Gasteiger charge is 2.28. The van der Waals surface area contributed by atoms with Crippen LogP contribution >= 0.6 is 11.8 Å². The van der Waals surface area contributed by atoms with E-state index in [0.717, 1.165) is 34.8 Å². The Kier molecular flexibility index (Phi) is 5.47. The van der Waals surface area contributed by atoms with Crippen molar-refractivity contribution < 1.29 is 13.8 Å². The Balaban J connectivity index is 1.41. The molecule has 8 heteroatoms. The molecule has 0 bridgehead atoms. The summed E-state index contributed by atoms with van der Waals surface area (Å²) in [7, 11) is 0. The van der Waals surface area contributed by atoms with Gasteiger partial charge in [0.15, 0.2) is 5.82 Å².